The van der Waals surface area contributed by atoms with Crippen molar-refractivity contribution < 1.29 is 22.8 Å². The van der Waals surface area contributed by atoms with E-state index in [1.54, 1.807) is 18.2 Å². The van der Waals surface area contributed by atoms with Crippen LogP contribution >= 0.6 is 11.8 Å². The summed E-state index contributed by atoms with van der Waals surface area (Å²) in [5, 5.41) is 6.57. The van der Waals surface area contributed by atoms with Gasteiger partial charge in [-0.25, -0.2) is 0 Å². The SMILES string of the molecule is CCOc1ccc(-c2noc(CCC(=O)Nc3ccccc3SC(F)F)n2)cc1. The molecule has 0 aliphatic carbocycles. The molecule has 2 aromatic carbocycles. The molecule has 1 amide bonds. The Morgan fingerprint density at radius 2 is 1.97 bits per heavy atom. The normalized spacial score (nSPS) is 10.9. The first-order valence-electron chi connectivity index (χ1n) is 8.94. The molecular weight excluding hydrogens is 400 g/mol. The van der Waals surface area contributed by atoms with Gasteiger partial charge < -0.3 is 14.6 Å². The van der Waals surface area contributed by atoms with Crippen molar-refractivity contribution in [3.63, 3.8) is 0 Å². The molecular formula is C20H19F2N3O3S. The fourth-order valence-corrected chi connectivity index (χ4v) is 3.14. The largest absolute Gasteiger partial charge is 0.494 e. The van der Waals surface area contributed by atoms with Gasteiger partial charge in [0.1, 0.15) is 5.75 Å². The van der Waals surface area contributed by atoms with Crippen molar-refractivity contribution in [3.05, 3.63) is 54.4 Å². The fraction of sp³-hybridized carbons (Fsp3) is 0.250. The van der Waals surface area contributed by atoms with Crippen molar-refractivity contribution >= 4 is 23.4 Å². The van der Waals surface area contributed by atoms with Crippen LogP contribution < -0.4 is 10.1 Å². The number of hydrogen-bond acceptors (Lipinski definition) is 6. The minimum absolute atomic E-state index is 0.0819. The molecule has 0 spiro atoms. The van der Waals surface area contributed by atoms with E-state index in [4.69, 9.17) is 9.26 Å². The number of para-hydroxylation sites is 1. The molecule has 1 heterocycles. The second-order valence-electron chi connectivity index (χ2n) is 5.89. The van der Waals surface area contributed by atoms with Crippen LogP contribution in [0, 0.1) is 0 Å². The third-order valence-corrected chi connectivity index (χ3v) is 4.62. The number of benzene rings is 2. The van der Waals surface area contributed by atoms with Crippen molar-refractivity contribution in [2.45, 2.75) is 30.4 Å². The second kappa shape index (κ2) is 10.0. The molecule has 0 aliphatic rings. The minimum Gasteiger partial charge on any atom is -0.494 e. The summed E-state index contributed by atoms with van der Waals surface area (Å²) >= 11 is 0.389. The number of nitrogens with one attached hydrogen (secondary N) is 1. The van der Waals surface area contributed by atoms with Gasteiger partial charge in [-0.3, -0.25) is 4.79 Å². The summed E-state index contributed by atoms with van der Waals surface area (Å²) in [5.41, 5.74) is 1.12. The lowest BCUT2D eigenvalue weighted by Gasteiger charge is -2.09. The number of rotatable bonds is 9. The van der Waals surface area contributed by atoms with E-state index in [1.807, 2.05) is 31.2 Å². The lowest BCUT2D eigenvalue weighted by Crippen LogP contribution is -2.13. The van der Waals surface area contributed by atoms with Crippen LogP contribution in [0.2, 0.25) is 0 Å². The summed E-state index contributed by atoms with van der Waals surface area (Å²) in [7, 11) is 0. The highest BCUT2D eigenvalue weighted by atomic mass is 32.2. The topological polar surface area (TPSA) is 77.2 Å². The first-order chi connectivity index (χ1) is 14.0. The number of thioether (sulfide) groups is 1. The van der Waals surface area contributed by atoms with Crippen LogP contribution in [0.3, 0.4) is 0 Å². The van der Waals surface area contributed by atoms with Crippen molar-refractivity contribution in [1.82, 2.24) is 10.1 Å². The quantitative estimate of drug-likeness (QED) is 0.491. The van der Waals surface area contributed by atoms with Gasteiger partial charge in [-0.2, -0.15) is 13.8 Å². The molecule has 0 saturated carbocycles. The van der Waals surface area contributed by atoms with Gasteiger partial charge in [0.05, 0.1) is 12.3 Å². The van der Waals surface area contributed by atoms with Crippen LogP contribution in [0.1, 0.15) is 19.2 Å². The molecule has 0 saturated heterocycles. The standard InChI is InChI=1S/C20H19F2N3O3S/c1-2-27-14-9-7-13(8-10-14)19-24-18(28-25-19)12-11-17(26)23-15-5-3-4-6-16(15)29-20(21)22/h3-10,20H,2,11-12H2,1H3,(H,23,26). The molecule has 0 fully saturated rings. The fourth-order valence-electron chi connectivity index (χ4n) is 2.54. The molecule has 1 aromatic heterocycles. The number of amides is 1. The van der Waals surface area contributed by atoms with E-state index in [9.17, 15) is 13.6 Å². The van der Waals surface area contributed by atoms with Gasteiger partial charge in [-0.05, 0) is 43.3 Å². The minimum atomic E-state index is -2.56. The Bertz CT molecular complexity index is 948. The number of halogens is 2. The number of anilines is 1. The average molecular weight is 419 g/mol. The maximum Gasteiger partial charge on any atom is 0.288 e. The van der Waals surface area contributed by atoms with E-state index in [0.29, 0.717) is 40.7 Å². The molecule has 0 radical (unpaired) electrons. The molecule has 0 aliphatic heterocycles. The number of hydrogen-bond donors (Lipinski definition) is 1. The van der Waals surface area contributed by atoms with E-state index >= 15 is 0 Å². The molecule has 3 rings (SSSR count). The number of ether oxygens (including phenoxy) is 1. The van der Waals surface area contributed by atoms with Crippen LogP contribution in [0.25, 0.3) is 11.4 Å². The smallest absolute Gasteiger partial charge is 0.288 e. The monoisotopic (exact) mass is 419 g/mol. The lowest BCUT2D eigenvalue weighted by atomic mass is 10.2. The summed E-state index contributed by atoms with van der Waals surface area (Å²) in [6, 6.07) is 13.7. The molecule has 1 N–H and O–H groups in total. The van der Waals surface area contributed by atoms with E-state index in [0.717, 1.165) is 11.3 Å². The predicted octanol–water partition coefficient (Wildman–Crippen LogP) is 5.02. The highest BCUT2D eigenvalue weighted by Crippen LogP contribution is 2.31. The first kappa shape index (κ1) is 20.8. The van der Waals surface area contributed by atoms with Gasteiger partial charge in [0.2, 0.25) is 17.6 Å². The average Bonchev–Trinajstić information content (AvgIpc) is 3.17. The van der Waals surface area contributed by atoms with Crippen molar-refractivity contribution in [1.29, 1.82) is 0 Å². The highest BCUT2D eigenvalue weighted by Gasteiger charge is 2.14. The van der Waals surface area contributed by atoms with Gasteiger partial charge >= 0.3 is 0 Å². The summed E-state index contributed by atoms with van der Waals surface area (Å²) in [6.07, 6.45) is 0.318. The number of aromatic nitrogens is 2. The molecule has 9 heteroatoms. The molecule has 0 unspecified atom stereocenters. The number of nitrogens with zero attached hydrogens (tertiary/aromatic N) is 2. The molecule has 0 atom stereocenters. The number of alkyl halides is 2. The van der Waals surface area contributed by atoms with Crippen LogP contribution in [0.4, 0.5) is 14.5 Å². The Hall–Kier alpha value is -2.94. The van der Waals surface area contributed by atoms with Crippen LogP contribution in [0.5, 0.6) is 5.75 Å². The maximum absolute atomic E-state index is 12.6. The number of aryl methyl sites for hydroxylation is 1. The van der Waals surface area contributed by atoms with E-state index in [1.165, 1.54) is 6.07 Å². The Morgan fingerprint density at radius 3 is 2.69 bits per heavy atom. The molecule has 152 valence electrons. The zero-order valence-electron chi connectivity index (χ0n) is 15.6. The molecule has 3 aromatic rings. The third-order valence-electron chi connectivity index (χ3n) is 3.83. The van der Waals surface area contributed by atoms with Crippen molar-refractivity contribution in [3.8, 4) is 17.1 Å². The Balaban J connectivity index is 1.56. The number of carbonyl (C=O) groups excluding carboxylic acids is 1. The second-order valence-corrected chi connectivity index (χ2v) is 6.92. The van der Waals surface area contributed by atoms with Crippen molar-refractivity contribution in [2.75, 3.05) is 11.9 Å². The Labute approximate surface area is 170 Å². The lowest BCUT2D eigenvalue weighted by molar-refractivity contribution is -0.116. The van der Waals surface area contributed by atoms with E-state index in [2.05, 4.69) is 15.5 Å². The van der Waals surface area contributed by atoms with Gasteiger partial charge in [-0.1, -0.05) is 29.1 Å². The van der Waals surface area contributed by atoms with Gasteiger partial charge in [-0.15, -0.1) is 0 Å². The summed E-state index contributed by atoms with van der Waals surface area (Å²) in [6.45, 7) is 2.49. The van der Waals surface area contributed by atoms with Crippen LogP contribution in [-0.2, 0) is 11.2 Å². The summed E-state index contributed by atoms with van der Waals surface area (Å²) in [4.78, 5) is 16.8. The van der Waals surface area contributed by atoms with Crippen LogP contribution in [0.15, 0.2) is 57.9 Å². The zero-order chi connectivity index (χ0) is 20.6. The van der Waals surface area contributed by atoms with E-state index < -0.39 is 5.76 Å². The third kappa shape index (κ3) is 6.02. The molecule has 6 nitrogen and oxygen atoms in total. The predicted molar refractivity (Wildman–Crippen MR) is 106 cm³/mol. The van der Waals surface area contributed by atoms with Gasteiger partial charge in [0, 0.05) is 23.3 Å². The van der Waals surface area contributed by atoms with Gasteiger partial charge in [0.25, 0.3) is 5.76 Å². The Morgan fingerprint density at radius 1 is 1.21 bits per heavy atom. The summed E-state index contributed by atoms with van der Waals surface area (Å²) < 4.78 is 35.8. The highest BCUT2D eigenvalue weighted by molar-refractivity contribution is 7.99. The molecule has 29 heavy (non-hydrogen) atoms. The maximum atomic E-state index is 12.6. The Kier molecular flexibility index (Phi) is 7.18. The summed E-state index contributed by atoms with van der Waals surface area (Å²) in [5.74, 6) is -1.40. The van der Waals surface area contributed by atoms with E-state index in [-0.39, 0.29) is 18.7 Å². The van der Waals surface area contributed by atoms with Crippen molar-refractivity contribution in [2.24, 2.45) is 0 Å². The first-order valence-corrected chi connectivity index (χ1v) is 9.82. The van der Waals surface area contributed by atoms with Gasteiger partial charge in [0.15, 0.2) is 0 Å². The van der Waals surface area contributed by atoms with Crippen LogP contribution in [-0.4, -0.2) is 28.4 Å². The molecule has 0 bridgehead atoms. The zero-order valence-corrected chi connectivity index (χ0v) is 16.4. The number of carbonyl (C=O) groups is 1.